The topological polar surface area (TPSA) is 77.8 Å². The van der Waals surface area contributed by atoms with Gasteiger partial charge in [-0.2, -0.15) is 0 Å². The van der Waals surface area contributed by atoms with Gasteiger partial charge < -0.3 is 16.3 Å². The van der Waals surface area contributed by atoms with Crippen molar-refractivity contribution < 1.29 is 10.6 Å². The Kier molecular flexibility index (Phi) is 4.26. The molecule has 1 aromatic carbocycles. The lowest BCUT2D eigenvalue weighted by atomic mass is 10.1. The van der Waals surface area contributed by atoms with Crippen LogP contribution >= 0.6 is 0 Å². The van der Waals surface area contributed by atoms with E-state index in [1.54, 1.807) is 12.1 Å². The van der Waals surface area contributed by atoms with E-state index >= 15 is 0 Å². The summed E-state index contributed by atoms with van der Waals surface area (Å²) < 4.78 is 0. The zero-order valence-electron chi connectivity index (χ0n) is 6.25. The smallest absolute Gasteiger partial charge is 0.115 e. The Bertz CT molecular complexity index is 196. The summed E-state index contributed by atoms with van der Waals surface area (Å²) in [6, 6.07) is 7.10. The molecule has 0 radical (unpaired) electrons. The summed E-state index contributed by atoms with van der Waals surface area (Å²) in [5.41, 5.74) is 6.50. The van der Waals surface area contributed by atoms with Crippen molar-refractivity contribution in [3.63, 3.8) is 0 Å². The third-order valence-corrected chi connectivity index (χ3v) is 1.37. The molecule has 1 rings (SSSR count). The third-order valence-electron chi connectivity index (χ3n) is 1.37. The Morgan fingerprint density at radius 1 is 1.18 bits per heavy atom. The van der Waals surface area contributed by atoms with Crippen LogP contribution < -0.4 is 5.73 Å². The molecule has 0 aliphatic rings. The molecule has 5 N–H and O–H groups in total. The number of nitrogens with two attached hydrogens (primary N) is 1. The minimum atomic E-state index is 0. The highest BCUT2D eigenvalue weighted by atomic mass is 16.3. The quantitative estimate of drug-likeness (QED) is 0.633. The molecular weight excluding hydrogens is 142 g/mol. The van der Waals surface area contributed by atoms with Gasteiger partial charge in [-0.15, -0.1) is 0 Å². The molecule has 0 bridgehead atoms. The van der Waals surface area contributed by atoms with Crippen molar-refractivity contribution in [1.82, 2.24) is 0 Å². The average Bonchev–Trinajstić information content (AvgIpc) is 1.95. The Labute approximate surface area is 65.8 Å². The molecule has 1 aromatic rings. The van der Waals surface area contributed by atoms with Gasteiger partial charge in [-0.3, -0.25) is 0 Å². The predicted octanol–water partition coefficient (Wildman–Crippen LogP) is 0.0687. The second-order valence-electron chi connectivity index (χ2n) is 2.21. The molecule has 0 saturated carbocycles. The molecule has 0 atom stereocenters. The van der Waals surface area contributed by atoms with Crippen LogP contribution in [0.15, 0.2) is 24.3 Å². The molecular formula is C8H13NO2. The van der Waals surface area contributed by atoms with E-state index in [4.69, 9.17) is 10.8 Å². The number of phenolic OH excluding ortho intramolecular Hbond substituents is 1. The summed E-state index contributed by atoms with van der Waals surface area (Å²) in [6.07, 6.45) is 0.875. The van der Waals surface area contributed by atoms with E-state index in [2.05, 4.69) is 0 Å². The van der Waals surface area contributed by atoms with Gasteiger partial charge in [-0.05, 0) is 30.7 Å². The summed E-state index contributed by atoms with van der Waals surface area (Å²) >= 11 is 0. The summed E-state index contributed by atoms with van der Waals surface area (Å²) in [6.45, 7) is 0.658. The lowest BCUT2D eigenvalue weighted by Crippen LogP contribution is -2.01. The van der Waals surface area contributed by atoms with Gasteiger partial charge in [0.25, 0.3) is 0 Å². The fourth-order valence-corrected chi connectivity index (χ4v) is 0.829. The summed E-state index contributed by atoms with van der Waals surface area (Å²) in [5.74, 6) is 0.306. The molecule has 3 nitrogen and oxygen atoms in total. The standard InChI is InChI=1S/C8H11NO.H2O/c9-6-5-7-1-3-8(10)4-2-7;/h1-4,10H,5-6,9H2;1H2. The highest BCUT2D eigenvalue weighted by Crippen LogP contribution is 2.09. The van der Waals surface area contributed by atoms with Crippen LogP contribution in [-0.2, 0) is 6.42 Å². The summed E-state index contributed by atoms with van der Waals surface area (Å²) in [4.78, 5) is 0. The fourth-order valence-electron chi connectivity index (χ4n) is 0.829. The molecule has 0 fully saturated rings. The number of hydrogen-bond donors (Lipinski definition) is 2. The van der Waals surface area contributed by atoms with Crippen LogP contribution in [0.25, 0.3) is 0 Å². The monoisotopic (exact) mass is 155 g/mol. The Morgan fingerprint density at radius 3 is 2.18 bits per heavy atom. The van der Waals surface area contributed by atoms with E-state index in [1.807, 2.05) is 12.1 Å². The Morgan fingerprint density at radius 2 is 1.73 bits per heavy atom. The predicted molar refractivity (Wildman–Crippen MR) is 44.5 cm³/mol. The van der Waals surface area contributed by atoms with Crippen LogP contribution in [0, 0.1) is 0 Å². The Balaban J connectivity index is 0.000001000. The number of phenols is 1. The summed E-state index contributed by atoms with van der Waals surface area (Å²) in [7, 11) is 0. The van der Waals surface area contributed by atoms with Gasteiger partial charge in [0, 0.05) is 0 Å². The van der Waals surface area contributed by atoms with E-state index < -0.39 is 0 Å². The lowest BCUT2D eigenvalue weighted by Gasteiger charge is -1.96. The van der Waals surface area contributed by atoms with E-state index in [1.165, 1.54) is 5.56 Å². The van der Waals surface area contributed by atoms with Gasteiger partial charge in [0.1, 0.15) is 5.75 Å². The number of hydrogen-bond acceptors (Lipinski definition) is 2. The van der Waals surface area contributed by atoms with Gasteiger partial charge in [-0.25, -0.2) is 0 Å². The van der Waals surface area contributed by atoms with Crippen LogP contribution in [0.1, 0.15) is 5.56 Å². The van der Waals surface area contributed by atoms with Crippen molar-refractivity contribution in [2.24, 2.45) is 5.73 Å². The van der Waals surface area contributed by atoms with E-state index in [0.717, 1.165) is 6.42 Å². The molecule has 0 aliphatic heterocycles. The lowest BCUT2D eigenvalue weighted by molar-refractivity contribution is 0.475. The number of aromatic hydroxyl groups is 1. The van der Waals surface area contributed by atoms with Crippen molar-refractivity contribution in [3.8, 4) is 5.75 Å². The highest BCUT2D eigenvalue weighted by molar-refractivity contribution is 5.25. The van der Waals surface area contributed by atoms with Crippen molar-refractivity contribution >= 4 is 0 Å². The van der Waals surface area contributed by atoms with Crippen LogP contribution in [0.4, 0.5) is 0 Å². The normalized spacial score (nSPS) is 8.82. The molecule has 62 valence electrons. The molecule has 11 heavy (non-hydrogen) atoms. The first-order valence-electron chi connectivity index (χ1n) is 3.31. The van der Waals surface area contributed by atoms with Crippen LogP contribution in [-0.4, -0.2) is 17.1 Å². The molecule has 0 aliphatic carbocycles. The van der Waals surface area contributed by atoms with Gasteiger partial charge in [0.15, 0.2) is 0 Å². The maximum atomic E-state index is 8.89. The average molecular weight is 155 g/mol. The minimum absolute atomic E-state index is 0. The van der Waals surface area contributed by atoms with Crippen molar-refractivity contribution in [3.05, 3.63) is 29.8 Å². The molecule has 3 heteroatoms. The van der Waals surface area contributed by atoms with E-state index in [-0.39, 0.29) is 5.48 Å². The van der Waals surface area contributed by atoms with E-state index in [0.29, 0.717) is 12.3 Å². The van der Waals surface area contributed by atoms with Crippen molar-refractivity contribution in [1.29, 1.82) is 0 Å². The Hall–Kier alpha value is -1.06. The number of benzene rings is 1. The second-order valence-corrected chi connectivity index (χ2v) is 2.21. The molecule has 0 amide bonds. The minimum Gasteiger partial charge on any atom is -0.508 e. The molecule has 0 saturated heterocycles. The molecule has 0 unspecified atom stereocenters. The molecule has 0 spiro atoms. The summed E-state index contributed by atoms with van der Waals surface area (Å²) in [5, 5.41) is 8.89. The van der Waals surface area contributed by atoms with Gasteiger partial charge in [0.05, 0.1) is 0 Å². The van der Waals surface area contributed by atoms with Crippen LogP contribution in [0.3, 0.4) is 0 Å². The van der Waals surface area contributed by atoms with Gasteiger partial charge >= 0.3 is 0 Å². The van der Waals surface area contributed by atoms with Crippen molar-refractivity contribution in [2.75, 3.05) is 6.54 Å². The highest BCUT2D eigenvalue weighted by Gasteiger charge is 1.89. The second kappa shape index (κ2) is 4.71. The maximum Gasteiger partial charge on any atom is 0.115 e. The fraction of sp³-hybridized carbons (Fsp3) is 0.250. The zero-order valence-corrected chi connectivity index (χ0v) is 6.25. The SMILES string of the molecule is NCCc1ccc(O)cc1.O. The van der Waals surface area contributed by atoms with Crippen LogP contribution in [0.5, 0.6) is 5.75 Å². The molecule has 0 heterocycles. The first kappa shape index (κ1) is 9.94. The van der Waals surface area contributed by atoms with Gasteiger partial charge in [0.2, 0.25) is 0 Å². The zero-order chi connectivity index (χ0) is 7.40. The maximum absolute atomic E-state index is 8.89. The number of rotatable bonds is 2. The molecule has 0 aromatic heterocycles. The van der Waals surface area contributed by atoms with Crippen molar-refractivity contribution in [2.45, 2.75) is 6.42 Å². The first-order chi connectivity index (χ1) is 4.83. The van der Waals surface area contributed by atoms with Crippen LogP contribution in [0.2, 0.25) is 0 Å². The largest absolute Gasteiger partial charge is 0.508 e. The van der Waals surface area contributed by atoms with Gasteiger partial charge in [-0.1, -0.05) is 12.1 Å². The first-order valence-corrected chi connectivity index (χ1v) is 3.31. The van der Waals surface area contributed by atoms with E-state index in [9.17, 15) is 0 Å². The third kappa shape index (κ3) is 3.02.